The highest BCUT2D eigenvalue weighted by molar-refractivity contribution is 6.31. The molecular formula is C15H20ClNO5. The lowest BCUT2D eigenvalue weighted by Gasteiger charge is -2.19. The van der Waals surface area contributed by atoms with Gasteiger partial charge in [0.1, 0.15) is 11.8 Å². The number of aliphatic carboxylic acids is 1. The number of methoxy groups -OCH3 is 1. The van der Waals surface area contributed by atoms with E-state index in [0.29, 0.717) is 10.8 Å². The van der Waals surface area contributed by atoms with Gasteiger partial charge in [-0.2, -0.15) is 0 Å². The van der Waals surface area contributed by atoms with Crippen LogP contribution in [0.5, 0.6) is 5.75 Å². The van der Waals surface area contributed by atoms with Crippen LogP contribution in [0.15, 0.2) is 18.2 Å². The Hall–Kier alpha value is -1.79. The van der Waals surface area contributed by atoms with Crippen molar-refractivity contribution < 1.29 is 24.2 Å². The van der Waals surface area contributed by atoms with E-state index in [1.807, 2.05) is 6.92 Å². The van der Waals surface area contributed by atoms with Crippen LogP contribution >= 0.6 is 11.6 Å². The molecule has 2 atom stereocenters. The molecule has 6 nitrogen and oxygen atoms in total. The van der Waals surface area contributed by atoms with Gasteiger partial charge in [-0.1, -0.05) is 11.6 Å². The Morgan fingerprint density at radius 3 is 2.64 bits per heavy atom. The maximum Gasteiger partial charge on any atom is 0.326 e. The number of carboxylic acids is 1. The van der Waals surface area contributed by atoms with Gasteiger partial charge in [0.2, 0.25) is 0 Å². The van der Waals surface area contributed by atoms with Crippen LogP contribution in [-0.4, -0.2) is 42.8 Å². The predicted molar refractivity (Wildman–Crippen MR) is 82.3 cm³/mol. The summed E-state index contributed by atoms with van der Waals surface area (Å²) >= 11 is 5.92. The van der Waals surface area contributed by atoms with Crippen LogP contribution < -0.4 is 10.1 Å². The second kappa shape index (κ2) is 8.60. The molecule has 22 heavy (non-hydrogen) atoms. The van der Waals surface area contributed by atoms with Gasteiger partial charge in [-0.25, -0.2) is 4.79 Å². The van der Waals surface area contributed by atoms with Crippen molar-refractivity contribution in [3.05, 3.63) is 28.8 Å². The van der Waals surface area contributed by atoms with E-state index in [1.165, 1.54) is 7.11 Å². The third-order valence-corrected chi connectivity index (χ3v) is 3.46. The molecule has 0 heterocycles. The van der Waals surface area contributed by atoms with E-state index in [4.69, 9.17) is 26.2 Å². The van der Waals surface area contributed by atoms with Crippen LogP contribution in [0, 0.1) is 6.92 Å². The summed E-state index contributed by atoms with van der Waals surface area (Å²) in [7, 11) is 1.47. The van der Waals surface area contributed by atoms with Crippen LogP contribution in [0.25, 0.3) is 0 Å². The molecule has 1 aromatic rings. The van der Waals surface area contributed by atoms with Crippen molar-refractivity contribution in [2.45, 2.75) is 32.4 Å². The third-order valence-electron chi connectivity index (χ3n) is 3.04. The van der Waals surface area contributed by atoms with Crippen molar-refractivity contribution in [3.63, 3.8) is 0 Å². The van der Waals surface area contributed by atoms with Crippen molar-refractivity contribution in [1.29, 1.82) is 0 Å². The molecule has 0 aliphatic carbocycles. The lowest BCUT2D eigenvalue weighted by atomic mass is 10.2. The van der Waals surface area contributed by atoms with Gasteiger partial charge in [0, 0.05) is 25.2 Å². The fourth-order valence-corrected chi connectivity index (χ4v) is 1.85. The van der Waals surface area contributed by atoms with E-state index in [9.17, 15) is 9.59 Å². The number of amides is 1. The molecule has 0 aliphatic rings. The normalized spacial score (nSPS) is 13.3. The Balaban J connectivity index is 2.63. The van der Waals surface area contributed by atoms with E-state index in [2.05, 4.69) is 5.32 Å². The van der Waals surface area contributed by atoms with Gasteiger partial charge in [-0.15, -0.1) is 0 Å². The molecule has 0 bridgehead atoms. The molecule has 2 unspecified atom stereocenters. The lowest BCUT2D eigenvalue weighted by Crippen LogP contribution is -2.46. The summed E-state index contributed by atoms with van der Waals surface area (Å²) in [5.41, 5.74) is 0.829. The number of hydrogen-bond acceptors (Lipinski definition) is 4. The number of nitrogens with one attached hydrogen (secondary N) is 1. The number of rotatable bonds is 8. The monoisotopic (exact) mass is 329 g/mol. The first-order valence-corrected chi connectivity index (χ1v) is 7.18. The number of carboxylic acid groups (broad SMARTS) is 1. The molecule has 1 amide bonds. The average molecular weight is 330 g/mol. The number of carbonyl (C=O) groups is 2. The molecule has 122 valence electrons. The zero-order valence-electron chi connectivity index (χ0n) is 12.8. The molecule has 0 saturated carbocycles. The topological polar surface area (TPSA) is 84.9 Å². The number of ether oxygens (including phenoxy) is 2. The Morgan fingerprint density at radius 1 is 1.41 bits per heavy atom. The third kappa shape index (κ3) is 5.54. The van der Waals surface area contributed by atoms with Crippen molar-refractivity contribution in [3.8, 4) is 5.75 Å². The summed E-state index contributed by atoms with van der Waals surface area (Å²) in [5.74, 6) is -1.12. The minimum absolute atomic E-state index is 0.185. The Labute approximate surface area is 134 Å². The molecule has 0 aromatic heterocycles. The first-order chi connectivity index (χ1) is 10.3. The quantitative estimate of drug-likeness (QED) is 0.762. The highest BCUT2D eigenvalue weighted by Crippen LogP contribution is 2.21. The summed E-state index contributed by atoms with van der Waals surface area (Å²) < 4.78 is 10.3. The van der Waals surface area contributed by atoms with Gasteiger partial charge in [-0.05, 0) is 37.6 Å². The second-order valence-electron chi connectivity index (χ2n) is 4.85. The van der Waals surface area contributed by atoms with E-state index in [0.717, 1.165) is 5.56 Å². The van der Waals surface area contributed by atoms with Crippen LogP contribution in [0.1, 0.15) is 18.9 Å². The minimum Gasteiger partial charge on any atom is -0.481 e. The smallest absolute Gasteiger partial charge is 0.326 e. The lowest BCUT2D eigenvalue weighted by molar-refractivity contribution is -0.143. The summed E-state index contributed by atoms with van der Waals surface area (Å²) in [6.45, 7) is 3.61. The summed E-state index contributed by atoms with van der Waals surface area (Å²) in [5, 5.41) is 12.1. The molecular weight excluding hydrogens is 310 g/mol. The van der Waals surface area contributed by atoms with Crippen LogP contribution in [0.3, 0.4) is 0 Å². The van der Waals surface area contributed by atoms with Crippen molar-refractivity contribution in [1.82, 2.24) is 5.32 Å². The van der Waals surface area contributed by atoms with Crippen molar-refractivity contribution >= 4 is 23.5 Å². The van der Waals surface area contributed by atoms with E-state index >= 15 is 0 Å². The SMILES string of the molecule is COCCC(NC(=O)C(C)Oc1ccc(Cl)c(C)c1)C(=O)O. The fraction of sp³-hybridized carbons (Fsp3) is 0.467. The molecule has 0 radical (unpaired) electrons. The van der Waals surface area contributed by atoms with Gasteiger partial charge >= 0.3 is 5.97 Å². The first-order valence-electron chi connectivity index (χ1n) is 6.80. The van der Waals surface area contributed by atoms with Crippen molar-refractivity contribution in [2.24, 2.45) is 0 Å². The van der Waals surface area contributed by atoms with Gasteiger partial charge in [0.05, 0.1) is 0 Å². The molecule has 1 rings (SSSR count). The van der Waals surface area contributed by atoms with E-state index in [1.54, 1.807) is 25.1 Å². The number of halogens is 1. The minimum atomic E-state index is -1.11. The Bertz CT molecular complexity index is 535. The Kier molecular flexibility index (Phi) is 7.14. The molecule has 0 aliphatic heterocycles. The molecule has 7 heteroatoms. The molecule has 0 fully saturated rings. The van der Waals surface area contributed by atoms with Gasteiger partial charge in [0.15, 0.2) is 6.10 Å². The number of benzene rings is 1. The zero-order valence-corrected chi connectivity index (χ0v) is 13.5. The highest BCUT2D eigenvalue weighted by atomic mass is 35.5. The largest absolute Gasteiger partial charge is 0.481 e. The average Bonchev–Trinajstić information content (AvgIpc) is 2.46. The maximum absolute atomic E-state index is 12.0. The van der Waals surface area contributed by atoms with Gasteiger partial charge in [-0.3, -0.25) is 4.79 Å². The number of carbonyl (C=O) groups excluding carboxylic acids is 1. The summed E-state index contributed by atoms with van der Waals surface area (Å²) in [4.78, 5) is 23.1. The van der Waals surface area contributed by atoms with E-state index < -0.39 is 24.0 Å². The number of aryl methyl sites for hydroxylation is 1. The maximum atomic E-state index is 12.0. The summed E-state index contributed by atoms with van der Waals surface area (Å²) in [6, 6.07) is 4.03. The zero-order chi connectivity index (χ0) is 16.7. The van der Waals surface area contributed by atoms with E-state index in [-0.39, 0.29) is 13.0 Å². The van der Waals surface area contributed by atoms with Crippen LogP contribution in [0.2, 0.25) is 5.02 Å². The number of hydrogen-bond donors (Lipinski definition) is 2. The van der Waals surface area contributed by atoms with Crippen molar-refractivity contribution in [2.75, 3.05) is 13.7 Å². The molecule has 0 saturated heterocycles. The standard InChI is InChI=1S/C15H20ClNO5/c1-9-8-11(4-5-12(9)16)22-10(2)14(18)17-13(15(19)20)6-7-21-3/h4-5,8,10,13H,6-7H2,1-3H3,(H,17,18)(H,19,20). The fourth-order valence-electron chi connectivity index (χ4n) is 1.73. The van der Waals surface area contributed by atoms with Gasteiger partial charge in [0.25, 0.3) is 5.91 Å². The molecule has 0 spiro atoms. The Morgan fingerprint density at radius 2 is 2.09 bits per heavy atom. The second-order valence-corrected chi connectivity index (χ2v) is 5.26. The van der Waals surface area contributed by atoms with Crippen LogP contribution in [-0.2, 0) is 14.3 Å². The molecule has 2 N–H and O–H groups in total. The first kappa shape index (κ1) is 18.3. The van der Waals surface area contributed by atoms with Crippen LogP contribution in [0.4, 0.5) is 0 Å². The summed E-state index contributed by atoms with van der Waals surface area (Å²) in [6.07, 6.45) is -0.644. The predicted octanol–water partition coefficient (Wildman–Crippen LogP) is 2.02. The highest BCUT2D eigenvalue weighted by Gasteiger charge is 2.23. The molecule has 1 aromatic carbocycles. The van der Waals surface area contributed by atoms with Gasteiger partial charge < -0.3 is 19.9 Å².